The second-order valence-electron chi connectivity index (χ2n) is 5.52. The average molecular weight is 425 g/mol. The summed E-state index contributed by atoms with van der Waals surface area (Å²) in [7, 11) is 0. The summed E-state index contributed by atoms with van der Waals surface area (Å²) in [6.07, 6.45) is 0. The van der Waals surface area contributed by atoms with Gasteiger partial charge in [0.15, 0.2) is 11.0 Å². The summed E-state index contributed by atoms with van der Waals surface area (Å²) in [4.78, 5) is 12.1. The highest BCUT2D eigenvalue weighted by Gasteiger charge is 2.15. The lowest BCUT2D eigenvalue weighted by Gasteiger charge is -2.08. The second kappa shape index (κ2) is 8.73. The highest BCUT2D eigenvalue weighted by atomic mass is 35.5. The minimum Gasteiger partial charge on any atom is -0.325 e. The lowest BCUT2D eigenvalue weighted by atomic mass is 10.2. The first kappa shape index (κ1) is 19.7. The fourth-order valence-electron chi connectivity index (χ4n) is 2.39. The minimum atomic E-state index is -0.353. The lowest BCUT2D eigenvalue weighted by Crippen LogP contribution is -2.14. The van der Waals surface area contributed by atoms with Crippen LogP contribution in [0.1, 0.15) is 6.92 Å². The normalized spacial score (nSPS) is 10.8. The van der Waals surface area contributed by atoms with E-state index in [-0.39, 0.29) is 17.5 Å². The number of carbonyl (C=O) groups is 1. The fourth-order valence-corrected chi connectivity index (χ4v) is 3.49. The van der Waals surface area contributed by atoms with Crippen molar-refractivity contribution in [3.63, 3.8) is 0 Å². The third-order valence-corrected chi connectivity index (χ3v) is 5.38. The molecule has 27 heavy (non-hydrogen) atoms. The van der Waals surface area contributed by atoms with Crippen LogP contribution in [0.2, 0.25) is 10.0 Å². The number of hydrogen-bond donors (Lipinski definition) is 1. The van der Waals surface area contributed by atoms with Crippen molar-refractivity contribution in [1.29, 1.82) is 0 Å². The van der Waals surface area contributed by atoms with Crippen molar-refractivity contribution in [2.75, 3.05) is 11.1 Å². The third kappa shape index (κ3) is 4.80. The zero-order valence-electron chi connectivity index (χ0n) is 14.2. The Morgan fingerprint density at radius 1 is 1.15 bits per heavy atom. The molecule has 0 radical (unpaired) electrons. The van der Waals surface area contributed by atoms with Crippen molar-refractivity contribution in [3.8, 4) is 11.4 Å². The Kier molecular flexibility index (Phi) is 6.36. The number of amides is 1. The molecule has 0 saturated heterocycles. The van der Waals surface area contributed by atoms with Gasteiger partial charge in [-0.05, 0) is 49.4 Å². The summed E-state index contributed by atoms with van der Waals surface area (Å²) in [6.45, 7) is 2.59. The van der Waals surface area contributed by atoms with E-state index >= 15 is 0 Å². The molecule has 0 atom stereocenters. The van der Waals surface area contributed by atoms with Crippen molar-refractivity contribution >= 4 is 46.6 Å². The van der Waals surface area contributed by atoms with Gasteiger partial charge in [-0.2, -0.15) is 0 Å². The number of halogens is 3. The fraction of sp³-hybridized carbons (Fsp3) is 0.167. The zero-order chi connectivity index (χ0) is 19.4. The molecule has 5 nitrogen and oxygen atoms in total. The van der Waals surface area contributed by atoms with Crippen molar-refractivity contribution < 1.29 is 9.18 Å². The van der Waals surface area contributed by atoms with Crippen molar-refractivity contribution in [1.82, 2.24) is 14.8 Å². The lowest BCUT2D eigenvalue weighted by molar-refractivity contribution is -0.113. The second-order valence-corrected chi connectivity index (χ2v) is 7.28. The smallest absolute Gasteiger partial charge is 0.234 e. The number of benzene rings is 2. The van der Waals surface area contributed by atoms with E-state index in [2.05, 4.69) is 15.5 Å². The van der Waals surface area contributed by atoms with E-state index in [1.165, 1.54) is 36.0 Å². The maximum absolute atomic E-state index is 12.9. The highest BCUT2D eigenvalue weighted by Crippen LogP contribution is 2.29. The SMILES string of the molecule is CCn1c(SCC(=O)Nc2ccc(F)cc2)nnc1-c1ccc(Cl)c(Cl)c1. The number of carbonyl (C=O) groups excluding carboxylic acids is 1. The van der Waals surface area contributed by atoms with Gasteiger partial charge in [-0.3, -0.25) is 4.79 Å². The van der Waals surface area contributed by atoms with Crippen LogP contribution in [0.5, 0.6) is 0 Å². The van der Waals surface area contributed by atoms with Crippen LogP contribution >= 0.6 is 35.0 Å². The zero-order valence-corrected chi connectivity index (χ0v) is 16.6. The van der Waals surface area contributed by atoms with Crippen LogP contribution in [0.4, 0.5) is 10.1 Å². The molecule has 140 valence electrons. The van der Waals surface area contributed by atoms with E-state index < -0.39 is 0 Å². The van der Waals surface area contributed by atoms with Gasteiger partial charge in [-0.25, -0.2) is 4.39 Å². The molecule has 0 aliphatic heterocycles. The van der Waals surface area contributed by atoms with Gasteiger partial charge in [0, 0.05) is 17.8 Å². The van der Waals surface area contributed by atoms with Crippen LogP contribution in [-0.2, 0) is 11.3 Å². The monoisotopic (exact) mass is 424 g/mol. The maximum atomic E-state index is 12.9. The summed E-state index contributed by atoms with van der Waals surface area (Å²) in [6, 6.07) is 10.9. The van der Waals surface area contributed by atoms with Crippen LogP contribution in [0.15, 0.2) is 47.6 Å². The largest absolute Gasteiger partial charge is 0.325 e. The Hall–Kier alpha value is -2.09. The van der Waals surface area contributed by atoms with Gasteiger partial charge in [0.05, 0.1) is 15.8 Å². The molecule has 1 N–H and O–H groups in total. The van der Waals surface area contributed by atoms with Gasteiger partial charge in [0.1, 0.15) is 5.82 Å². The van der Waals surface area contributed by atoms with Gasteiger partial charge >= 0.3 is 0 Å². The van der Waals surface area contributed by atoms with E-state index in [0.717, 1.165) is 5.56 Å². The number of hydrogen-bond acceptors (Lipinski definition) is 4. The number of nitrogens with zero attached hydrogens (tertiary/aromatic N) is 3. The molecule has 0 fully saturated rings. The molecule has 1 heterocycles. The van der Waals surface area contributed by atoms with Gasteiger partial charge < -0.3 is 9.88 Å². The first-order valence-corrected chi connectivity index (χ1v) is 9.79. The average Bonchev–Trinajstić information content (AvgIpc) is 3.07. The Morgan fingerprint density at radius 2 is 1.89 bits per heavy atom. The molecule has 0 aliphatic carbocycles. The van der Waals surface area contributed by atoms with Gasteiger partial charge in [-0.1, -0.05) is 35.0 Å². The Morgan fingerprint density at radius 3 is 2.56 bits per heavy atom. The predicted octanol–water partition coefficient (Wildman–Crippen LogP) is 5.14. The Balaban J connectivity index is 1.70. The molecule has 2 aromatic carbocycles. The molecule has 0 bridgehead atoms. The molecular formula is C18H15Cl2FN4OS. The Bertz CT molecular complexity index is 962. The standard InChI is InChI=1S/C18H15Cl2FN4OS/c1-2-25-17(11-3-8-14(19)15(20)9-11)23-24-18(25)27-10-16(26)22-13-6-4-12(21)5-7-13/h3-9H,2,10H2,1H3,(H,22,26). The van der Waals surface area contributed by atoms with Crippen LogP contribution in [0.25, 0.3) is 11.4 Å². The number of aromatic nitrogens is 3. The number of rotatable bonds is 6. The van der Waals surface area contributed by atoms with Gasteiger partial charge in [0.2, 0.25) is 5.91 Å². The summed E-state index contributed by atoms with van der Waals surface area (Å²) in [5, 5.41) is 12.6. The molecular weight excluding hydrogens is 410 g/mol. The molecule has 0 spiro atoms. The van der Waals surface area contributed by atoms with Crippen LogP contribution in [0, 0.1) is 5.82 Å². The summed E-state index contributed by atoms with van der Waals surface area (Å²) in [5.41, 5.74) is 1.33. The van der Waals surface area contributed by atoms with Crippen molar-refractivity contribution in [2.24, 2.45) is 0 Å². The summed E-state index contributed by atoms with van der Waals surface area (Å²) >= 11 is 13.3. The highest BCUT2D eigenvalue weighted by molar-refractivity contribution is 7.99. The molecule has 0 unspecified atom stereocenters. The van der Waals surface area contributed by atoms with Crippen LogP contribution < -0.4 is 5.32 Å². The molecule has 9 heteroatoms. The third-order valence-electron chi connectivity index (χ3n) is 3.67. The Labute approximate surface area is 169 Å². The molecule has 1 aromatic heterocycles. The van der Waals surface area contributed by atoms with E-state index in [0.29, 0.717) is 33.3 Å². The first-order valence-electron chi connectivity index (χ1n) is 8.04. The first-order chi connectivity index (χ1) is 13.0. The van der Waals surface area contributed by atoms with Crippen molar-refractivity contribution in [3.05, 3.63) is 58.3 Å². The van der Waals surface area contributed by atoms with Crippen molar-refractivity contribution in [2.45, 2.75) is 18.6 Å². The van der Waals surface area contributed by atoms with E-state index in [9.17, 15) is 9.18 Å². The molecule has 0 saturated carbocycles. The summed E-state index contributed by atoms with van der Waals surface area (Å²) < 4.78 is 14.8. The van der Waals surface area contributed by atoms with E-state index in [1.807, 2.05) is 17.6 Å². The van der Waals surface area contributed by atoms with Gasteiger partial charge in [-0.15, -0.1) is 10.2 Å². The predicted molar refractivity (Wildman–Crippen MR) is 107 cm³/mol. The number of thioether (sulfide) groups is 1. The van der Waals surface area contributed by atoms with E-state index in [4.69, 9.17) is 23.2 Å². The number of nitrogens with one attached hydrogen (secondary N) is 1. The topological polar surface area (TPSA) is 59.8 Å². The number of anilines is 1. The maximum Gasteiger partial charge on any atom is 0.234 e. The van der Waals surface area contributed by atoms with Crippen LogP contribution in [-0.4, -0.2) is 26.4 Å². The quantitative estimate of drug-likeness (QED) is 0.556. The molecule has 3 aromatic rings. The minimum absolute atomic E-state index is 0.150. The molecule has 3 rings (SSSR count). The molecule has 0 aliphatic rings. The van der Waals surface area contributed by atoms with E-state index in [1.54, 1.807) is 12.1 Å². The van der Waals surface area contributed by atoms with Gasteiger partial charge in [0.25, 0.3) is 0 Å². The summed E-state index contributed by atoms with van der Waals surface area (Å²) in [5.74, 6) is 0.232. The van der Waals surface area contributed by atoms with Crippen LogP contribution in [0.3, 0.4) is 0 Å². The molecule has 1 amide bonds.